The standard InChI is InChI=1S/C20H31N5O/c1-20(2,3)17-8-7-9-18(12-17)26-11-10-22-19(21-4)24(5)14-16-13-23-25(6)15-16/h7-9,12-13,15H,10-11,14H2,1-6H3,(H,21,22). The molecule has 26 heavy (non-hydrogen) atoms. The fourth-order valence-electron chi connectivity index (χ4n) is 2.67. The van der Waals surface area contributed by atoms with Crippen LogP contribution in [0.3, 0.4) is 0 Å². The zero-order valence-electron chi connectivity index (χ0n) is 16.8. The molecule has 0 bridgehead atoms. The summed E-state index contributed by atoms with van der Waals surface area (Å²) in [4.78, 5) is 6.40. The smallest absolute Gasteiger partial charge is 0.193 e. The maximum absolute atomic E-state index is 5.89. The van der Waals surface area contributed by atoms with Crippen molar-refractivity contribution in [1.82, 2.24) is 20.0 Å². The van der Waals surface area contributed by atoms with Crippen molar-refractivity contribution < 1.29 is 4.74 Å². The zero-order valence-corrected chi connectivity index (χ0v) is 16.8. The topological polar surface area (TPSA) is 54.7 Å². The van der Waals surface area contributed by atoms with Gasteiger partial charge >= 0.3 is 0 Å². The highest BCUT2D eigenvalue weighted by molar-refractivity contribution is 5.79. The Labute approximate surface area is 156 Å². The van der Waals surface area contributed by atoms with Gasteiger partial charge < -0.3 is 15.0 Å². The lowest BCUT2D eigenvalue weighted by molar-refractivity contribution is 0.318. The number of hydrogen-bond donors (Lipinski definition) is 1. The van der Waals surface area contributed by atoms with Crippen LogP contribution in [0.5, 0.6) is 5.75 Å². The summed E-state index contributed by atoms with van der Waals surface area (Å²) in [5.41, 5.74) is 2.54. The van der Waals surface area contributed by atoms with Gasteiger partial charge in [0, 0.05) is 39.4 Å². The van der Waals surface area contributed by atoms with Crippen LogP contribution in [0.1, 0.15) is 31.9 Å². The highest BCUT2D eigenvalue weighted by Gasteiger charge is 2.14. The van der Waals surface area contributed by atoms with Crippen molar-refractivity contribution in [2.24, 2.45) is 12.0 Å². The van der Waals surface area contributed by atoms with Gasteiger partial charge in [0.15, 0.2) is 5.96 Å². The summed E-state index contributed by atoms with van der Waals surface area (Å²) in [6.45, 7) is 8.63. The van der Waals surface area contributed by atoms with Crippen molar-refractivity contribution in [3.63, 3.8) is 0 Å². The van der Waals surface area contributed by atoms with Crippen molar-refractivity contribution in [1.29, 1.82) is 0 Å². The quantitative estimate of drug-likeness (QED) is 0.491. The maximum atomic E-state index is 5.89. The summed E-state index contributed by atoms with van der Waals surface area (Å²) in [5, 5.41) is 7.53. The molecule has 142 valence electrons. The third-order valence-electron chi connectivity index (χ3n) is 4.11. The molecule has 1 aromatic heterocycles. The summed E-state index contributed by atoms with van der Waals surface area (Å²) in [6, 6.07) is 8.30. The van der Waals surface area contributed by atoms with Crippen LogP contribution < -0.4 is 10.1 Å². The van der Waals surface area contributed by atoms with Crippen LogP contribution in [0.4, 0.5) is 0 Å². The number of ether oxygens (including phenoxy) is 1. The van der Waals surface area contributed by atoms with Crippen molar-refractivity contribution in [3.05, 3.63) is 47.8 Å². The second kappa shape index (κ2) is 8.74. The predicted octanol–water partition coefficient (Wildman–Crippen LogP) is 2.80. The Morgan fingerprint density at radius 2 is 2.12 bits per heavy atom. The Hall–Kier alpha value is -2.50. The number of nitrogens with zero attached hydrogens (tertiary/aromatic N) is 4. The Morgan fingerprint density at radius 1 is 1.35 bits per heavy atom. The second-order valence-corrected chi connectivity index (χ2v) is 7.48. The number of benzene rings is 1. The number of rotatable bonds is 6. The number of guanidine groups is 1. The third kappa shape index (κ3) is 5.79. The SMILES string of the molecule is CN=C(NCCOc1cccc(C(C)(C)C)c1)N(C)Cc1cnn(C)c1. The number of aromatic nitrogens is 2. The highest BCUT2D eigenvalue weighted by atomic mass is 16.5. The molecule has 0 saturated carbocycles. The van der Waals surface area contributed by atoms with Crippen LogP contribution in [0.15, 0.2) is 41.7 Å². The fourth-order valence-corrected chi connectivity index (χ4v) is 2.67. The average molecular weight is 358 g/mol. The summed E-state index contributed by atoms with van der Waals surface area (Å²) in [7, 11) is 5.72. The molecule has 2 aromatic rings. The molecule has 0 spiro atoms. The van der Waals surface area contributed by atoms with Crippen molar-refractivity contribution in [2.75, 3.05) is 27.2 Å². The highest BCUT2D eigenvalue weighted by Crippen LogP contribution is 2.25. The lowest BCUT2D eigenvalue weighted by atomic mass is 9.87. The van der Waals surface area contributed by atoms with E-state index in [0.717, 1.165) is 23.8 Å². The molecular formula is C20H31N5O. The van der Waals surface area contributed by atoms with Gasteiger partial charge in [-0.1, -0.05) is 32.9 Å². The van der Waals surface area contributed by atoms with Crippen LogP contribution in [-0.2, 0) is 19.0 Å². The van der Waals surface area contributed by atoms with Crippen LogP contribution in [-0.4, -0.2) is 47.9 Å². The van der Waals surface area contributed by atoms with E-state index in [9.17, 15) is 0 Å². The van der Waals surface area contributed by atoms with Gasteiger partial charge in [0.1, 0.15) is 12.4 Å². The average Bonchev–Trinajstić information content (AvgIpc) is 2.99. The van der Waals surface area contributed by atoms with Gasteiger partial charge in [-0.3, -0.25) is 9.67 Å². The first-order valence-electron chi connectivity index (χ1n) is 8.92. The van der Waals surface area contributed by atoms with Crippen molar-refractivity contribution in [2.45, 2.75) is 32.7 Å². The molecule has 0 saturated heterocycles. The first kappa shape index (κ1) is 19.8. The van der Waals surface area contributed by atoms with Crippen molar-refractivity contribution >= 4 is 5.96 Å². The van der Waals surface area contributed by atoms with E-state index in [4.69, 9.17) is 4.74 Å². The molecule has 0 fully saturated rings. The van der Waals surface area contributed by atoms with Gasteiger partial charge in [-0.25, -0.2) is 0 Å². The van der Waals surface area contributed by atoms with Gasteiger partial charge in [-0.05, 0) is 23.1 Å². The minimum absolute atomic E-state index is 0.120. The lowest BCUT2D eigenvalue weighted by Gasteiger charge is -2.22. The number of aliphatic imine (C=N–C) groups is 1. The van der Waals surface area contributed by atoms with E-state index in [0.29, 0.717) is 13.2 Å². The number of aryl methyl sites for hydroxylation is 1. The largest absolute Gasteiger partial charge is 0.492 e. The molecule has 0 radical (unpaired) electrons. The van der Waals surface area contributed by atoms with E-state index in [1.807, 2.05) is 38.6 Å². The van der Waals surface area contributed by atoms with Crippen LogP contribution >= 0.6 is 0 Å². The summed E-state index contributed by atoms with van der Waals surface area (Å²) >= 11 is 0. The molecule has 6 nitrogen and oxygen atoms in total. The molecule has 1 N–H and O–H groups in total. The third-order valence-corrected chi connectivity index (χ3v) is 4.11. The van der Waals surface area contributed by atoms with Crippen LogP contribution in [0.2, 0.25) is 0 Å². The van der Waals surface area contributed by atoms with E-state index in [1.54, 1.807) is 11.7 Å². The molecule has 0 aliphatic heterocycles. The summed E-state index contributed by atoms with van der Waals surface area (Å²) < 4.78 is 7.69. The molecule has 1 aromatic carbocycles. The first-order chi connectivity index (χ1) is 12.3. The van der Waals surface area contributed by atoms with Crippen LogP contribution in [0, 0.1) is 0 Å². The molecule has 0 aliphatic rings. The van der Waals surface area contributed by atoms with Gasteiger partial charge in [-0.15, -0.1) is 0 Å². The Morgan fingerprint density at radius 3 is 2.73 bits per heavy atom. The molecule has 0 atom stereocenters. The van der Waals surface area contributed by atoms with E-state index in [2.05, 4.69) is 53.2 Å². The minimum atomic E-state index is 0.120. The molecule has 0 aliphatic carbocycles. The molecule has 6 heteroatoms. The molecular weight excluding hydrogens is 326 g/mol. The normalized spacial score (nSPS) is 12.2. The molecule has 0 unspecified atom stereocenters. The van der Waals surface area contributed by atoms with E-state index in [1.165, 1.54) is 5.56 Å². The Kier molecular flexibility index (Phi) is 6.66. The minimum Gasteiger partial charge on any atom is -0.492 e. The lowest BCUT2D eigenvalue weighted by Crippen LogP contribution is -2.40. The summed E-state index contributed by atoms with van der Waals surface area (Å²) in [5.74, 6) is 1.74. The number of nitrogens with one attached hydrogen (secondary N) is 1. The van der Waals surface area contributed by atoms with Gasteiger partial charge in [0.2, 0.25) is 0 Å². The molecule has 0 amide bonds. The monoisotopic (exact) mass is 357 g/mol. The molecule has 2 rings (SSSR count). The van der Waals surface area contributed by atoms with Crippen LogP contribution in [0.25, 0.3) is 0 Å². The van der Waals surface area contributed by atoms with E-state index in [-0.39, 0.29) is 5.41 Å². The van der Waals surface area contributed by atoms with Gasteiger partial charge in [0.25, 0.3) is 0 Å². The van der Waals surface area contributed by atoms with E-state index >= 15 is 0 Å². The Bertz CT molecular complexity index is 730. The fraction of sp³-hybridized carbons (Fsp3) is 0.500. The maximum Gasteiger partial charge on any atom is 0.193 e. The first-order valence-corrected chi connectivity index (χ1v) is 8.92. The van der Waals surface area contributed by atoms with E-state index < -0.39 is 0 Å². The van der Waals surface area contributed by atoms with Gasteiger partial charge in [0.05, 0.1) is 12.7 Å². The van der Waals surface area contributed by atoms with Gasteiger partial charge in [-0.2, -0.15) is 5.10 Å². The van der Waals surface area contributed by atoms with Crippen molar-refractivity contribution in [3.8, 4) is 5.75 Å². The summed E-state index contributed by atoms with van der Waals surface area (Å²) in [6.07, 6.45) is 3.88. The number of hydrogen-bond acceptors (Lipinski definition) is 3. The zero-order chi connectivity index (χ0) is 19.2. The molecule has 1 heterocycles. The second-order valence-electron chi connectivity index (χ2n) is 7.48. The predicted molar refractivity (Wildman–Crippen MR) is 107 cm³/mol. The Balaban J connectivity index is 1.80.